The van der Waals surface area contributed by atoms with Crippen LogP contribution in [0, 0.1) is 13.8 Å². The molecular weight excluding hydrogens is 461 g/mol. The molecule has 0 aliphatic carbocycles. The van der Waals surface area contributed by atoms with Crippen molar-refractivity contribution in [2.24, 2.45) is 0 Å². The Kier molecular flexibility index (Phi) is 7.40. The fourth-order valence-corrected chi connectivity index (χ4v) is 5.41. The first kappa shape index (κ1) is 24.4. The summed E-state index contributed by atoms with van der Waals surface area (Å²) in [7, 11) is 0. The summed E-state index contributed by atoms with van der Waals surface area (Å²) in [4.78, 5) is 19.2. The number of nitrogens with zero attached hydrogens (tertiary/aromatic N) is 4. The van der Waals surface area contributed by atoms with Crippen molar-refractivity contribution < 1.29 is 18.0 Å². The Hall–Kier alpha value is -2.68. The molecule has 34 heavy (non-hydrogen) atoms. The van der Waals surface area contributed by atoms with Gasteiger partial charge in [0, 0.05) is 30.1 Å². The van der Waals surface area contributed by atoms with E-state index < -0.39 is 11.9 Å². The number of piperidine rings is 1. The zero-order valence-corrected chi connectivity index (χ0v) is 20.3. The molecule has 1 saturated heterocycles. The highest BCUT2D eigenvalue weighted by Crippen LogP contribution is 2.31. The third-order valence-corrected chi connectivity index (χ3v) is 7.52. The van der Waals surface area contributed by atoms with Crippen molar-refractivity contribution in [3.8, 4) is 0 Å². The van der Waals surface area contributed by atoms with Crippen LogP contribution in [0.3, 0.4) is 0 Å². The average molecular weight is 491 g/mol. The molecule has 3 aromatic rings. The number of rotatable bonds is 7. The highest BCUT2D eigenvalue weighted by atomic mass is 32.1. The maximum absolute atomic E-state index is 12.9. The lowest BCUT2D eigenvalue weighted by atomic mass is 9.97. The van der Waals surface area contributed by atoms with Gasteiger partial charge < -0.3 is 4.90 Å². The summed E-state index contributed by atoms with van der Waals surface area (Å²) in [5, 5.41) is 6.83. The van der Waals surface area contributed by atoms with Gasteiger partial charge in [-0.1, -0.05) is 24.3 Å². The highest BCUT2D eigenvalue weighted by molar-refractivity contribution is 7.09. The number of hydrogen-bond donors (Lipinski definition) is 0. The molecule has 0 bridgehead atoms. The molecule has 0 atom stereocenters. The Labute approximate surface area is 201 Å². The van der Waals surface area contributed by atoms with E-state index in [2.05, 4.69) is 41.7 Å². The van der Waals surface area contributed by atoms with Crippen molar-refractivity contribution in [2.45, 2.75) is 64.6 Å². The summed E-state index contributed by atoms with van der Waals surface area (Å²) in [6.45, 7) is 4.66. The van der Waals surface area contributed by atoms with E-state index in [1.807, 2.05) is 0 Å². The van der Waals surface area contributed by atoms with Crippen LogP contribution in [-0.4, -0.2) is 38.7 Å². The van der Waals surface area contributed by atoms with Crippen LogP contribution in [0.5, 0.6) is 0 Å². The van der Waals surface area contributed by atoms with Gasteiger partial charge in [-0.2, -0.15) is 18.3 Å². The first-order valence-electron chi connectivity index (χ1n) is 11.6. The standard InChI is InChI=1S/C25H29F3N4OS/c1-17-6-3-4-7-19(17)8-5-9-21-16-34-24(29-21)20-10-12-31(13-11-20)23(33)15-32-18(2)14-22(30-32)25(26,27)28/h3-4,6-7,14,16,20H,5,8-13,15H2,1-2H3. The number of aryl methyl sites for hydroxylation is 4. The minimum absolute atomic E-state index is 0.172. The third kappa shape index (κ3) is 5.87. The van der Waals surface area contributed by atoms with Crippen molar-refractivity contribution in [1.29, 1.82) is 0 Å². The van der Waals surface area contributed by atoms with Crippen LogP contribution in [0.2, 0.25) is 0 Å². The van der Waals surface area contributed by atoms with Gasteiger partial charge in [0.05, 0.1) is 10.7 Å². The molecule has 1 aliphatic rings. The summed E-state index contributed by atoms with van der Waals surface area (Å²) in [6.07, 6.45) is 0.168. The number of hydrogen-bond acceptors (Lipinski definition) is 4. The van der Waals surface area contributed by atoms with E-state index >= 15 is 0 Å². The molecule has 4 rings (SSSR count). The van der Waals surface area contributed by atoms with E-state index in [0.717, 1.165) is 53.6 Å². The molecule has 0 saturated carbocycles. The maximum atomic E-state index is 12.9. The number of alkyl halides is 3. The number of amides is 1. The van der Waals surface area contributed by atoms with Gasteiger partial charge in [0.15, 0.2) is 5.69 Å². The second-order valence-electron chi connectivity index (χ2n) is 8.94. The SMILES string of the molecule is Cc1ccccc1CCCc1csc(C2CCN(C(=O)Cn3nc(C(F)(F)F)cc3C)CC2)n1. The zero-order chi connectivity index (χ0) is 24.3. The van der Waals surface area contributed by atoms with E-state index in [1.165, 1.54) is 18.1 Å². The van der Waals surface area contributed by atoms with Gasteiger partial charge in [0.2, 0.25) is 5.91 Å². The third-order valence-electron chi connectivity index (χ3n) is 6.46. The van der Waals surface area contributed by atoms with Crippen molar-refractivity contribution in [1.82, 2.24) is 19.7 Å². The van der Waals surface area contributed by atoms with E-state index in [-0.39, 0.29) is 12.5 Å². The molecule has 3 heterocycles. The van der Waals surface area contributed by atoms with E-state index in [0.29, 0.717) is 24.7 Å². The van der Waals surface area contributed by atoms with Gasteiger partial charge in [-0.25, -0.2) is 4.98 Å². The first-order valence-corrected chi connectivity index (χ1v) is 12.5. The van der Waals surface area contributed by atoms with Crippen LogP contribution in [-0.2, 0) is 30.4 Å². The normalized spacial score (nSPS) is 15.1. The molecule has 0 radical (unpaired) electrons. The Morgan fingerprint density at radius 2 is 1.88 bits per heavy atom. The molecule has 0 N–H and O–H groups in total. The summed E-state index contributed by atoms with van der Waals surface area (Å²) >= 11 is 1.69. The Balaban J connectivity index is 1.25. The van der Waals surface area contributed by atoms with Crippen molar-refractivity contribution in [3.63, 3.8) is 0 Å². The molecule has 9 heteroatoms. The molecule has 2 aromatic heterocycles. The van der Waals surface area contributed by atoms with Gasteiger partial charge in [0.1, 0.15) is 6.54 Å². The molecule has 0 unspecified atom stereocenters. The molecular formula is C25H29F3N4OS. The Bertz CT molecular complexity index is 1130. The van der Waals surface area contributed by atoms with Crippen molar-refractivity contribution in [2.75, 3.05) is 13.1 Å². The maximum Gasteiger partial charge on any atom is 0.435 e. The minimum atomic E-state index is -4.51. The average Bonchev–Trinajstić information content (AvgIpc) is 3.42. The molecule has 1 amide bonds. The van der Waals surface area contributed by atoms with Crippen molar-refractivity contribution >= 4 is 17.2 Å². The lowest BCUT2D eigenvalue weighted by Crippen LogP contribution is -2.40. The van der Waals surface area contributed by atoms with Crippen LogP contribution >= 0.6 is 11.3 Å². The van der Waals surface area contributed by atoms with Gasteiger partial charge >= 0.3 is 6.18 Å². The van der Waals surface area contributed by atoms with Gasteiger partial charge in [0.25, 0.3) is 0 Å². The number of halogens is 3. The number of aromatic nitrogens is 3. The highest BCUT2D eigenvalue weighted by Gasteiger charge is 2.35. The number of thiazole rings is 1. The molecule has 5 nitrogen and oxygen atoms in total. The van der Waals surface area contributed by atoms with E-state index in [1.54, 1.807) is 16.2 Å². The number of carbonyl (C=O) groups excluding carboxylic acids is 1. The lowest BCUT2D eigenvalue weighted by Gasteiger charge is -2.31. The van der Waals surface area contributed by atoms with Gasteiger partial charge in [-0.3, -0.25) is 9.48 Å². The quantitative estimate of drug-likeness (QED) is 0.436. The largest absolute Gasteiger partial charge is 0.435 e. The Morgan fingerprint density at radius 1 is 1.15 bits per heavy atom. The Morgan fingerprint density at radius 3 is 2.56 bits per heavy atom. The zero-order valence-electron chi connectivity index (χ0n) is 19.4. The summed E-state index contributed by atoms with van der Waals surface area (Å²) < 4.78 is 39.7. The lowest BCUT2D eigenvalue weighted by molar-refractivity contribution is -0.142. The van der Waals surface area contributed by atoms with E-state index in [9.17, 15) is 18.0 Å². The number of likely N-dealkylation sites (tertiary alicyclic amines) is 1. The van der Waals surface area contributed by atoms with Crippen LogP contribution < -0.4 is 0 Å². The molecule has 182 valence electrons. The van der Waals surface area contributed by atoms with E-state index in [4.69, 9.17) is 4.98 Å². The fraction of sp³-hybridized carbons (Fsp3) is 0.480. The predicted octanol–water partition coefficient (Wildman–Crippen LogP) is 5.56. The second-order valence-corrected chi connectivity index (χ2v) is 9.83. The summed E-state index contributed by atoms with van der Waals surface area (Å²) in [5.41, 5.74) is 3.20. The minimum Gasteiger partial charge on any atom is -0.341 e. The molecule has 1 aliphatic heterocycles. The number of benzene rings is 1. The molecule has 1 aromatic carbocycles. The van der Waals surface area contributed by atoms with Crippen LogP contribution in [0.4, 0.5) is 13.2 Å². The number of carbonyl (C=O) groups is 1. The summed E-state index contributed by atoms with van der Waals surface area (Å²) in [6, 6.07) is 9.44. The van der Waals surface area contributed by atoms with Crippen molar-refractivity contribution in [3.05, 3.63) is 68.9 Å². The monoisotopic (exact) mass is 490 g/mol. The first-order chi connectivity index (χ1) is 16.2. The molecule has 0 spiro atoms. The molecule has 1 fully saturated rings. The predicted molar refractivity (Wildman–Crippen MR) is 126 cm³/mol. The van der Waals surface area contributed by atoms with Crippen LogP contribution in [0.25, 0.3) is 0 Å². The smallest absolute Gasteiger partial charge is 0.341 e. The topological polar surface area (TPSA) is 51.0 Å². The van der Waals surface area contributed by atoms with Gasteiger partial charge in [-0.05, 0) is 63.1 Å². The fourth-order valence-electron chi connectivity index (χ4n) is 4.39. The van der Waals surface area contributed by atoms with Crippen LogP contribution in [0.15, 0.2) is 35.7 Å². The van der Waals surface area contributed by atoms with Gasteiger partial charge in [-0.15, -0.1) is 11.3 Å². The summed E-state index contributed by atoms with van der Waals surface area (Å²) in [5.74, 6) is 0.122. The van der Waals surface area contributed by atoms with Crippen LogP contribution in [0.1, 0.15) is 58.4 Å². The second kappa shape index (κ2) is 10.3.